The predicted octanol–water partition coefficient (Wildman–Crippen LogP) is 3.04. The van der Waals surface area contributed by atoms with Crippen LogP contribution in [0.1, 0.15) is 19.4 Å². The van der Waals surface area contributed by atoms with Crippen LogP contribution >= 0.6 is 0 Å². The summed E-state index contributed by atoms with van der Waals surface area (Å²) in [5.41, 5.74) is 2.36. The van der Waals surface area contributed by atoms with Crippen LogP contribution in [0.2, 0.25) is 0 Å². The molecule has 0 fully saturated rings. The maximum Gasteiger partial charge on any atom is 0.124 e. The SMILES string of the molecule is CC(C)Cn1cc(CC=O)c2ccccc21. The van der Waals surface area contributed by atoms with Crippen molar-refractivity contribution < 1.29 is 4.79 Å². The molecule has 0 amide bonds. The maximum absolute atomic E-state index is 10.6. The largest absolute Gasteiger partial charge is 0.347 e. The monoisotopic (exact) mass is 215 g/mol. The highest BCUT2D eigenvalue weighted by molar-refractivity contribution is 5.85. The number of aldehydes is 1. The molecule has 0 aliphatic rings. The number of aromatic nitrogens is 1. The Morgan fingerprint density at radius 1 is 1.31 bits per heavy atom. The minimum absolute atomic E-state index is 0.506. The molecule has 2 rings (SSSR count). The number of carbonyl (C=O) groups excluding carboxylic acids is 1. The van der Waals surface area contributed by atoms with Gasteiger partial charge in [0.2, 0.25) is 0 Å². The van der Waals surface area contributed by atoms with Crippen molar-refractivity contribution in [2.45, 2.75) is 26.8 Å². The van der Waals surface area contributed by atoms with Crippen molar-refractivity contribution in [3.05, 3.63) is 36.0 Å². The first kappa shape index (κ1) is 10.9. The van der Waals surface area contributed by atoms with Crippen LogP contribution in [0.15, 0.2) is 30.5 Å². The Morgan fingerprint density at radius 2 is 2.06 bits per heavy atom. The number of carbonyl (C=O) groups is 1. The van der Waals surface area contributed by atoms with Gasteiger partial charge in [-0.05, 0) is 17.5 Å². The third-order valence-electron chi connectivity index (χ3n) is 2.74. The second-order valence-corrected chi connectivity index (χ2v) is 4.59. The predicted molar refractivity (Wildman–Crippen MR) is 66.5 cm³/mol. The minimum Gasteiger partial charge on any atom is -0.347 e. The Labute approximate surface area is 95.9 Å². The van der Waals surface area contributed by atoms with Gasteiger partial charge in [-0.3, -0.25) is 0 Å². The number of rotatable bonds is 4. The molecule has 84 valence electrons. The standard InChI is InChI=1S/C14H17NO/c1-11(2)9-15-10-12(7-8-16)13-5-3-4-6-14(13)15/h3-6,8,10-11H,7,9H2,1-2H3. The van der Waals surface area contributed by atoms with Gasteiger partial charge in [0, 0.05) is 30.1 Å². The van der Waals surface area contributed by atoms with Gasteiger partial charge in [-0.2, -0.15) is 0 Å². The lowest BCUT2D eigenvalue weighted by atomic mass is 10.1. The van der Waals surface area contributed by atoms with Gasteiger partial charge in [0.1, 0.15) is 6.29 Å². The molecule has 0 spiro atoms. The van der Waals surface area contributed by atoms with E-state index in [1.54, 1.807) is 0 Å². The molecule has 1 aromatic carbocycles. The Morgan fingerprint density at radius 3 is 2.75 bits per heavy atom. The van der Waals surface area contributed by atoms with E-state index in [9.17, 15) is 4.79 Å². The highest BCUT2D eigenvalue weighted by Crippen LogP contribution is 2.22. The highest BCUT2D eigenvalue weighted by Gasteiger charge is 2.08. The molecule has 0 saturated carbocycles. The lowest BCUT2D eigenvalue weighted by Crippen LogP contribution is -2.02. The first-order valence-corrected chi connectivity index (χ1v) is 5.72. The zero-order valence-corrected chi connectivity index (χ0v) is 9.81. The normalized spacial score (nSPS) is 11.2. The Bertz CT molecular complexity index is 496. The van der Waals surface area contributed by atoms with Gasteiger partial charge in [-0.1, -0.05) is 32.0 Å². The zero-order chi connectivity index (χ0) is 11.5. The van der Waals surface area contributed by atoms with Gasteiger partial charge in [-0.15, -0.1) is 0 Å². The molecule has 1 aromatic heterocycles. The number of nitrogens with zero attached hydrogens (tertiary/aromatic N) is 1. The number of hydrogen-bond donors (Lipinski definition) is 0. The van der Waals surface area contributed by atoms with Crippen molar-refractivity contribution >= 4 is 17.2 Å². The van der Waals surface area contributed by atoms with E-state index in [1.807, 2.05) is 12.1 Å². The van der Waals surface area contributed by atoms with E-state index in [0.717, 1.165) is 18.4 Å². The third-order valence-corrected chi connectivity index (χ3v) is 2.74. The van der Waals surface area contributed by atoms with Crippen LogP contribution in [0.4, 0.5) is 0 Å². The van der Waals surface area contributed by atoms with Crippen LogP contribution in [0, 0.1) is 5.92 Å². The summed E-state index contributed by atoms with van der Waals surface area (Å²) in [6.45, 7) is 5.40. The van der Waals surface area contributed by atoms with Crippen molar-refractivity contribution in [1.82, 2.24) is 4.57 Å². The van der Waals surface area contributed by atoms with Gasteiger partial charge in [-0.25, -0.2) is 0 Å². The summed E-state index contributed by atoms with van der Waals surface area (Å²) in [6, 6.07) is 8.28. The molecular weight excluding hydrogens is 198 g/mol. The summed E-state index contributed by atoms with van der Waals surface area (Å²) in [5.74, 6) is 0.611. The minimum atomic E-state index is 0.506. The van der Waals surface area contributed by atoms with E-state index in [-0.39, 0.29) is 0 Å². The van der Waals surface area contributed by atoms with Gasteiger partial charge in [0.15, 0.2) is 0 Å². The van der Waals surface area contributed by atoms with Crippen molar-refractivity contribution in [2.75, 3.05) is 0 Å². The Balaban J connectivity index is 2.52. The van der Waals surface area contributed by atoms with Gasteiger partial charge >= 0.3 is 0 Å². The number of para-hydroxylation sites is 1. The maximum atomic E-state index is 10.6. The molecule has 0 unspecified atom stereocenters. The van der Waals surface area contributed by atoms with Crippen LogP contribution in [0.25, 0.3) is 10.9 Å². The molecule has 0 saturated heterocycles. The Kier molecular flexibility index (Phi) is 3.09. The van der Waals surface area contributed by atoms with Crippen molar-refractivity contribution in [1.29, 1.82) is 0 Å². The fourth-order valence-electron chi connectivity index (χ4n) is 2.12. The second-order valence-electron chi connectivity index (χ2n) is 4.59. The molecule has 0 aliphatic carbocycles. The molecule has 0 aliphatic heterocycles. The summed E-state index contributed by atoms with van der Waals surface area (Å²) >= 11 is 0. The van der Waals surface area contributed by atoms with E-state index in [2.05, 4.69) is 36.7 Å². The fourth-order valence-corrected chi connectivity index (χ4v) is 2.12. The molecule has 16 heavy (non-hydrogen) atoms. The molecule has 2 heteroatoms. The molecule has 2 nitrogen and oxygen atoms in total. The lowest BCUT2D eigenvalue weighted by molar-refractivity contribution is -0.107. The van der Waals surface area contributed by atoms with E-state index < -0.39 is 0 Å². The number of hydrogen-bond acceptors (Lipinski definition) is 1. The van der Waals surface area contributed by atoms with Crippen LogP contribution in [-0.2, 0) is 17.8 Å². The summed E-state index contributed by atoms with van der Waals surface area (Å²) in [7, 11) is 0. The molecule has 0 N–H and O–H groups in total. The molecule has 1 heterocycles. The second kappa shape index (κ2) is 4.52. The summed E-state index contributed by atoms with van der Waals surface area (Å²) in [4.78, 5) is 10.6. The molecular formula is C14H17NO. The van der Waals surface area contributed by atoms with Crippen LogP contribution < -0.4 is 0 Å². The van der Waals surface area contributed by atoms with Crippen molar-refractivity contribution in [3.63, 3.8) is 0 Å². The smallest absolute Gasteiger partial charge is 0.124 e. The van der Waals surface area contributed by atoms with E-state index in [4.69, 9.17) is 0 Å². The first-order valence-electron chi connectivity index (χ1n) is 5.72. The van der Waals surface area contributed by atoms with Crippen molar-refractivity contribution in [2.24, 2.45) is 5.92 Å². The highest BCUT2D eigenvalue weighted by atomic mass is 16.1. The Hall–Kier alpha value is -1.57. The quantitative estimate of drug-likeness (QED) is 0.718. The van der Waals surface area contributed by atoms with E-state index in [1.165, 1.54) is 10.9 Å². The van der Waals surface area contributed by atoms with E-state index >= 15 is 0 Å². The zero-order valence-electron chi connectivity index (χ0n) is 9.81. The molecule has 0 radical (unpaired) electrons. The average molecular weight is 215 g/mol. The van der Waals surface area contributed by atoms with Crippen LogP contribution in [0.5, 0.6) is 0 Å². The van der Waals surface area contributed by atoms with Gasteiger partial charge in [0.25, 0.3) is 0 Å². The lowest BCUT2D eigenvalue weighted by Gasteiger charge is -2.07. The number of fused-ring (bicyclic) bond motifs is 1. The summed E-state index contributed by atoms with van der Waals surface area (Å²) in [5, 5.41) is 1.20. The molecule has 2 aromatic rings. The third kappa shape index (κ3) is 2.01. The number of benzene rings is 1. The fraction of sp³-hybridized carbons (Fsp3) is 0.357. The van der Waals surface area contributed by atoms with Gasteiger partial charge in [0.05, 0.1) is 0 Å². The summed E-state index contributed by atoms with van der Waals surface area (Å²) < 4.78 is 2.25. The van der Waals surface area contributed by atoms with Crippen LogP contribution in [0.3, 0.4) is 0 Å². The van der Waals surface area contributed by atoms with E-state index in [0.29, 0.717) is 12.3 Å². The topological polar surface area (TPSA) is 22.0 Å². The molecule has 0 atom stereocenters. The van der Waals surface area contributed by atoms with Crippen LogP contribution in [-0.4, -0.2) is 10.9 Å². The average Bonchev–Trinajstić information content (AvgIpc) is 2.58. The first-order chi connectivity index (χ1) is 7.72. The molecule has 0 bridgehead atoms. The van der Waals surface area contributed by atoms with Crippen molar-refractivity contribution in [3.8, 4) is 0 Å². The van der Waals surface area contributed by atoms with Gasteiger partial charge < -0.3 is 9.36 Å². The summed E-state index contributed by atoms with van der Waals surface area (Å²) in [6.07, 6.45) is 3.59.